The largest absolute Gasteiger partial charge is 0.382 e. The molecule has 1 aromatic carbocycles. The van der Waals surface area contributed by atoms with E-state index in [-0.39, 0.29) is 5.91 Å². The van der Waals surface area contributed by atoms with Gasteiger partial charge in [0.15, 0.2) is 0 Å². The highest BCUT2D eigenvalue weighted by Gasteiger charge is 2.11. The van der Waals surface area contributed by atoms with Crippen molar-refractivity contribution in [1.82, 2.24) is 15.1 Å². The molecule has 0 unspecified atom stereocenters. The highest BCUT2D eigenvalue weighted by atomic mass is 16.1. The topological polar surface area (TPSA) is 71.0 Å². The molecule has 2 heterocycles. The normalized spacial score (nSPS) is 13.0. The van der Waals surface area contributed by atoms with E-state index >= 15 is 0 Å². The van der Waals surface area contributed by atoms with Crippen molar-refractivity contribution in [2.45, 2.75) is 6.42 Å². The molecule has 0 aliphatic carbocycles. The van der Waals surface area contributed by atoms with Crippen LogP contribution in [-0.2, 0) is 13.5 Å². The molecule has 1 aliphatic rings. The Morgan fingerprint density at radius 2 is 2.10 bits per heavy atom. The Balaban J connectivity index is 1.59. The van der Waals surface area contributed by atoms with Crippen molar-refractivity contribution in [1.29, 1.82) is 0 Å². The van der Waals surface area contributed by atoms with Crippen LogP contribution in [0, 0.1) is 0 Å². The second kappa shape index (κ2) is 5.87. The quantitative estimate of drug-likeness (QED) is 0.790. The third kappa shape index (κ3) is 2.99. The second-order valence-corrected chi connectivity index (χ2v) is 5.07. The number of fused-ring (bicyclic) bond motifs is 1. The highest BCUT2D eigenvalue weighted by Crippen LogP contribution is 2.25. The SMILES string of the molecule is Cn1nccc1CCNC(=O)c1ccc2c(c1)NCCN2. The first-order chi connectivity index (χ1) is 10.2. The van der Waals surface area contributed by atoms with Gasteiger partial charge in [0.05, 0.1) is 11.4 Å². The van der Waals surface area contributed by atoms with Crippen LogP contribution in [0.5, 0.6) is 0 Å². The number of hydrogen-bond donors (Lipinski definition) is 3. The number of anilines is 2. The molecule has 21 heavy (non-hydrogen) atoms. The van der Waals surface area contributed by atoms with Gasteiger partial charge in [-0.15, -0.1) is 0 Å². The molecule has 6 nitrogen and oxygen atoms in total. The Labute approximate surface area is 123 Å². The molecule has 3 N–H and O–H groups in total. The monoisotopic (exact) mass is 285 g/mol. The summed E-state index contributed by atoms with van der Waals surface area (Å²) in [5.74, 6) is -0.0488. The van der Waals surface area contributed by atoms with Crippen molar-refractivity contribution >= 4 is 17.3 Å². The van der Waals surface area contributed by atoms with Crippen molar-refractivity contribution in [3.8, 4) is 0 Å². The third-order valence-corrected chi connectivity index (χ3v) is 3.63. The molecule has 6 heteroatoms. The van der Waals surface area contributed by atoms with E-state index in [0.717, 1.165) is 36.6 Å². The number of nitrogens with zero attached hydrogens (tertiary/aromatic N) is 2. The van der Waals surface area contributed by atoms with Crippen LogP contribution in [0.1, 0.15) is 16.1 Å². The molecule has 3 rings (SSSR count). The van der Waals surface area contributed by atoms with Gasteiger partial charge in [-0.25, -0.2) is 0 Å². The van der Waals surface area contributed by atoms with Gasteiger partial charge in [0.1, 0.15) is 0 Å². The molecule has 0 radical (unpaired) electrons. The van der Waals surface area contributed by atoms with Gasteiger partial charge in [-0.1, -0.05) is 0 Å². The van der Waals surface area contributed by atoms with Gasteiger partial charge in [-0.05, 0) is 24.3 Å². The Morgan fingerprint density at radius 1 is 1.29 bits per heavy atom. The molecule has 0 fully saturated rings. The summed E-state index contributed by atoms with van der Waals surface area (Å²) in [7, 11) is 1.90. The molecule has 0 saturated heterocycles. The molecule has 1 amide bonds. The number of aromatic nitrogens is 2. The maximum Gasteiger partial charge on any atom is 0.251 e. The van der Waals surface area contributed by atoms with E-state index in [0.29, 0.717) is 12.1 Å². The first kappa shape index (κ1) is 13.5. The van der Waals surface area contributed by atoms with E-state index in [9.17, 15) is 4.79 Å². The summed E-state index contributed by atoms with van der Waals surface area (Å²) in [4.78, 5) is 12.2. The molecule has 0 saturated carbocycles. The molecule has 0 spiro atoms. The van der Waals surface area contributed by atoms with Gasteiger partial charge >= 0.3 is 0 Å². The fraction of sp³-hybridized carbons (Fsp3) is 0.333. The molecular weight excluding hydrogens is 266 g/mol. The summed E-state index contributed by atoms with van der Waals surface area (Å²) in [6.45, 7) is 2.38. The van der Waals surface area contributed by atoms with Gasteiger partial charge in [0, 0.05) is 50.6 Å². The van der Waals surface area contributed by atoms with Crippen molar-refractivity contribution < 1.29 is 4.79 Å². The number of nitrogens with one attached hydrogen (secondary N) is 3. The van der Waals surface area contributed by atoms with Crippen LogP contribution < -0.4 is 16.0 Å². The Hall–Kier alpha value is -2.50. The van der Waals surface area contributed by atoms with Crippen LogP contribution >= 0.6 is 0 Å². The number of carbonyl (C=O) groups is 1. The fourth-order valence-corrected chi connectivity index (χ4v) is 2.43. The van der Waals surface area contributed by atoms with Gasteiger partial charge in [0.25, 0.3) is 5.91 Å². The summed E-state index contributed by atoms with van der Waals surface area (Å²) in [5.41, 5.74) is 3.81. The number of hydrogen-bond acceptors (Lipinski definition) is 4. The van der Waals surface area contributed by atoms with E-state index in [4.69, 9.17) is 0 Å². The van der Waals surface area contributed by atoms with E-state index in [2.05, 4.69) is 21.0 Å². The lowest BCUT2D eigenvalue weighted by atomic mass is 10.1. The number of aryl methyl sites for hydroxylation is 1. The summed E-state index contributed by atoms with van der Waals surface area (Å²) < 4.78 is 1.82. The lowest BCUT2D eigenvalue weighted by molar-refractivity contribution is 0.0954. The Morgan fingerprint density at radius 3 is 2.86 bits per heavy atom. The number of amides is 1. The van der Waals surface area contributed by atoms with Crippen molar-refractivity contribution in [3.63, 3.8) is 0 Å². The molecule has 0 atom stereocenters. The minimum Gasteiger partial charge on any atom is -0.382 e. The first-order valence-electron chi connectivity index (χ1n) is 7.11. The maximum atomic E-state index is 12.2. The molecule has 2 aromatic rings. The zero-order valence-electron chi connectivity index (χ0n) is 12.0. The Kier molecular flexibility index (Phi) is 3.77. The van der Waals surface area contributed by atoms with Crippen LogP contribution in [0.4, 0.5) is 11.4 Å². The van der Waals surface area contributed by atoms with Crippen molar-refractivity contribution in [3.05, 3.63) is 41.7 Å². The van der Waals surface area contributed by atoms with Gasteiger partial charge < -0.3 is 16.0 Å². The van der Waals surface area contributed by atoms with Gasteiger partial charge in [-0.3, -0.25) is 9.48 Å². The van der Waals surface area contributed by atoms with E-state index in [1.54, 1.807) is 6.20 Å². The van der Waals surface area contributed by atoms with E-state index < -0.39 is 0 Å². The fourth-order valence-electron chi connectivity index (χ4n) is 2.43. The average Bonchev–Trinajstić information content (AvgIpc) is 2.92. The predicted molar refractivity (Wildman–Crippen MR) is 82.7 cm³/mol. The lowest BCUT2D eigenvalue weighted by Gasteiger charge is -2.20. The summed E-state index contributed by atoms with van der Waals surface area (Å²) in [5, 5.41) is 13.6. The van der Waals surface area contributed by atoms with Gasteiger partial charge in [-0.2, -0.15) is 5.10 Å². The smallest absolute Gasteiger partial charge is 0.251 e. The predicted octanol–water partition coefficient (Wildman–Crippen LogP) is 1.23. The number of rotatable bonds is 4. The molecule has 1 aromatic heterocycles. The summed E-state index contributed by atoms with van der Waals surface area (Å²) in [6, 6.07) is 7.64. The summed E-state index contributed by atoms with van der Waals surface area (Å²) in [6.07, 6.45) is 2.53. The van der Waals surface area contributed by atoms with Crippen molar-refractivity contribution in [2.24, 2.45) is 7.05 Å². The van der Waals surface area contributed by atoms with Crippen LogP contribution in [0.3, 0.4) is 0 Å². The van der Waals surface area contributed by atoms with Crippen LogP contribution in [0.2, 0.25) is 0 Å². The molecule has 0 bridgehead atoms. The minimum absolute atomic E-state index is 0.0488. The Bertz CT molecular complexity index is 649. The van der Waals surface area contributed by atoms with Crippen LogP contribution in [0.15, 0.2) is 30.5 Å². The number of carbonyl (C=O) groups excluding carboxylic acids is 1. The zero-order chi connectivity index (χ0) is 14.7. The second-order valence-electron chi connectivity index (χ2n) is 5.07. The average molecular weight is 285 g/mol. The zero-order valence-corrected chi connectivity index (χ0v) is 12.0. The minimum atomic E-state index is -0.0488. The van der Waals surface area contributed by atoms with Crippen LogP contribution in [-0.4, -0.2) is 35.3 Å². The molecule has 1 aliphatic heterocycles. The summed E-state index contributed by atoms with van der Waals surface area (Å²) >= 11 is 0. The lowest BCUT2D eigenvalue weighted by Crippen LogP contribution is -2.27. The highest BCUT2D eigenvalue weighted by molar-refractivity contribution is 5.96. The van der Waals surface area contributed by atoms with E-state index in [1.165, 1.54) is 0 Å². The van der Waals surface area contributed by atoms with Crippen LogP contribution in [0.25, 0.3) is 0 Å². The number of benzene rings is 1. The standard InChI is InChI=1S/C15H19N5O/c1-20-12(5-7-19-20)4-6-18-15(21)11-2-3-13-14(10-11)17-9-8-16-13/h2-3,5,7,10,16-17H,4,6,8-9H2,1H3,(H,18,21). The van der Waals surface area contributed by atoms with Crippen molar-refractivity contribution in [2.75, 3.05) is 30.3 Å². The maximum absolute atomic E-state index is 12.2. The first-order valence-corrected chi connectivity index (χ1v) is 7.11. The third-order valence-electron chi connectivity index (χ3n) is 3.63. The van der Waals surface area contributed by atoms with Gasteiger partial charge in [0.2, 0.25) is 0 Å². The van der Waals surface area contributed by atoms with E-state index in [1.807, 2.05) is 36.0 Å². The molecular formula is C15H19N5O. The molecule has 110 valence electrons.